The molecule has 0 N–H and O–H groups in total. The van der Waals surface area contributed by atoms with Crippen LogP contribution in [0.1, 0.15) is 71.1 Å². The zero-order valence-electron chi connectivity index (χ0n) is 12.0. The van der Waals surface area contributed by atoms with Crippen molar-refractivity contribution in [2.24, 2.45) is 0 Å². The van der Waals surface area contributed by atoms with Gasteiger partial charge in [0.1, 0.15) is 6.29 Å². The number of unbranched alkanes of at least 4 members (excludes halogenated alkanes) is 8. The zero-order chi connectivity index (χ0) is 13.3. The molecule has 2 heteroatoms. The highest BCUT2D eigenvalue weighted by Crippen LogP contribution is 2.04. The van der Waals surface area contributed by atoms with Crippen LogP contribution < -0.4 is 0 Å². The average Bonchev–Trinajstić information content (AvgIpc) is 2.39. The summed E-state index contributed by atoms with van der Waals surface area (Å²) >= 11 is 0. The van der Waals surface area contributed by atoms with E-state index in [1.54, 1.807) is 0 Å². The summed E-state index contributed by atoms with van der Waals surface area (Å²) in [7, 11) is 0. The van der Waals surface area contributed by atoms with Gasteiger partial charge in [0, 0.05) is 13.0 Å². The largest absolute Gasteiger partial charge is 0.377 e. The normalized spacial score (nSPS) is 11.2. The number of hydrogen-bond acceptors (Lipinski definition) is 2. The Kier molecular flexibility index (Phi) is 15.8. The molecule has 0 amide bonds. The van der Waals surface area contributed by atoms with Gasteiger partial charge in [-0.25, -0.2) is 0 Å². The number of allylic oxidation sites excluding steroid dienone is 1. The maximum atomic E-state index is 10.1. The van der Waals surface area contributed by atoms with Crippen molar-refractivity contribution < 1.29 is 9.53 Å². The van der Waals surface area contributed by atoms with Gasteiger partial charge in [-0.1, -0.05) is 51.2 Å². The van der Waals surface area contributed by atoms with E-state index in [0.717, 1.165) is 38.8 Å². The molecule has 0 heterocycles. The smallest absolute Gasteiger partial charge is 0.119 e. The van der Waals surface area contributed by atoms with Crippen LogP contribution in [0.25, 0.3) is 0 Å². The molecule has 0 radical (unpaired) electrons. The van der Waals surface area contributed by atoms with Gasteiger partial charge in [-0.3, -0.25) is 0 Å². The maximum absolute atomic E-state index is 10.1. The average molecular weight is 254 g/mol. The van der Waals surface area contributed by atoms with E-state index in [2.05, 4.69) is 19.1 Å². The third kappa shape index (κ3) is 15.4. The predicted octanol–water partition coefficient (Wildman–Crippen LogP) is 4.68. The molecule has 0 rings (SSSR count). The van der Waals surface area contributed by atoms with E-state index in [4.69, 9.17) is 4.74 Å². The van der Waals surface area contributed by atoms with Gasteiger partial charge in [0.2, 0.25) is 0 Å². The quantitative estimate of drug-likeness (QED) is 0.255. The fourth-order valence-corrected chi connectivity index (χ4v) is 1.81. The summed E-state index contributed by atoms with van der Waals surface area (Å²) in [6.07, 6.45) is 17.0. The van der Waals surface area contributed by atoms with Crippen molar-refractivity contribution >= 4 is 6.29 Å². The van der Waals surface area contributed by atoms with Gasteiger partial charge in [0.05, 0.1) is 6.61 Å². The molecule has 0 saturated heterocycles. The second kappa shape index (κ2) is 16.4. The van der Waals surface area contributed by atoms with E-state index in [-0.39, 0.29) is 0 Å². The Balaban J connectivity index is 3.00. The van der Waals surface area contributed by atoms with Crippen LogP contribution in [0.3, 0.4) is 0 Å². The first-order valence-electron chi connectivity index (χ1n) is 7.58. The summed E-state index contributed by atoms with van der Waals surface area (Å²) in [5, 5.41) is 0. The molecule has 0 bridgehead atoms. The highest BCUT2D eigenvalue weighted by atomic mass is 16.5. The van der Waals surface area contributed by atoms with Crippen molar-refractivity contribution in [2.45, 2.75) is 71.1 Å². The Morgan fingerprint density at radius 2 is 1.56 bits per heavy atom. The van der Waals surface area contributed by atoms with E-state index in [0.29, 0.717) is 0 Å². The number of rotatable bonds is 14. The lowest BCUT2D eigenvalue weighted by molar-refractivity contribution is -0.107. The molecule has 0 atom stereocenters. The minimum Gasteiger partial charge on any atom is -0.377 e. The molecule has 0 aromatic rings. The number of carbonyl (C=O) groups excluding carboxylic acids is 1. The van der Waals surface area contributed by atoms with Gasteiger partial charge < -0.3 is 9.53 Å². The Bertz CT molecular complexity index is 188. The monoisotopic (exact) mass is 254 g/mol. The lowest BCUT2D eigenvalue weighted by atomic mass is 10.1. The number of aldehydes is 1. The van der Waals surface area contributed by atoms with Crippen LogP contribution >= 0.6 is 0 Å². The highest BCUT2D eigenvalue weighted by molar-refractivity contribution is 5.48. The Labute approximate surface area is 113 Å². The second-order valence-electron chi connectivity index (χ2n) is 4.77. The number of ether oxygens (including phenoxy) is 1. The molecule has 18 heavy (non-hydrogen) atoms. The Morgan fingerprint density at radius 1 is 0.833 bits per heavy atom. The summed E-state index contributed by atoms with van der Waals surface area (Å²) < 4.78 is 5.52. The third-order valence-electron chi connectivity index (χ3n) is 2.97. The molecule has 0 unspecified atom stereocenters. The van der Waals surface area contributed by atoms with E-state index >= 15 is 0 Å². The minimum atomic E-state index is 0.722. The molecule has 106 valence electrons. The molecule has 0 saturated carbocycles. The summed E-state index contributed by atoms with van der Waals surface area (Å²) in [5.74, 6) is 0. The Morgan fingerprint density at radius 3 is 2.33 bits per heavy atom. The number of carbonyl (C=O) groups is 1. The van der Waals surface area contributed by atoms with E-state index in [9.17, 15) is 4.79 Å². The van der Waals surface area contributed by atoms with Crippen LogP contribution in [0, 0.1) is 0 Å². The molecule has 2 nitrogen and oxygen atoms in total. The lowest BCUT2D eigenvalue weighted by Gasteiger charge is -2.01. The topological polar surface area (TPSA) is 26.3 Å². The molecule has 0 fully saturated rings. The van der Waals surface area contributed by atoms with Gasteiger partial charge in [0.15, 0.2) is 0 Å². The van der Waals surface area contributed by atoms with Gasteiger partial charge in [0.25, 0.3) is 0 Å². The third-order valence-corrected chi connectivity index (χ3v) is 2.97. The van der Waals surface area contributed by atoms with Crippen LogP contribution in [0.5, 0.6) is 0 Å². The van der Waals surface area contributed by atoms with Crippen LogP contribution in [-0.2, 0) is 9.53 Å². The summed E-state index contributed by atoms with van der Waals surface area (Å²) in [4.78, 5) is 10.1. The summed E-state index contributed by atoms with van der Waals surface area (Å²) in [6, 6.07) is 0. The van der Waals surface area contributed by atoms with Crippen LogP contribution in [0.15, 0.2) is 12.2 Å². The van der Waals surface area contributed by atoms with Gasteiger partial charge in [-0.15, -0.1) is 0 Å². The van der Waals surface area contributed by atoms with Crippen LogP contribution in [0.4, 0.5) is 0 Å². The molecular formula is C16H30O2. The SMILES string of the molecule is CCCCCC=CCOCCCCCCCC=O. The van der Waals surface area contributed by atoms with Crippen LogP contribution in [-0.4, -0.2) is 19.5 Å². The summed E-state index contributed by atoms with van der Waals surface area (Å²) in [5.41, 5.74) is 0. The molecule has 0 aromatic carbocycles. The Hall–Kier alpha value is -0.630. The van der Waals surface area contributed by atoms with E-state index < -0.39 is 0 Å². The first-order valence-corrected chi connectivity index (χ1v) is 7.58. The van der Waals surface area contributed by atoms with Crippen molar-refractivity contribution in [3.8, 4) is 0 Å². The second-order valence-corrected chi connectivity index (χ2v) is 4.77. The van der Waals surface area contributed by atoms with Crippen molar-refractivity contribution in [1.82, 2.24) is 0 Å². The summed E-state index contributed by atoms with van der Waals surface area (Å²) in [6.45, 7) is 3.86. The van der Waals surface area contributed by atoms with Gasteiger partial charge >= 0.3 is 0 Å². The zero-order valence-corrected chi connectivity index (χ0v) is 12.0. The molecule has 0 aliphatic carbocycles. The molecule has 0 aromatic heterocycles. The van der Waals surface area contributed by atoms with Crippen molar-refractivity contribution in [3.05, 3.63) is 12.2 Å². The lowest BCUT2D eigenvalue weighted by Crippen LogP contribution is -1.94. The first-order chi connectivity index (χ1) is 8.91. The fourth-order valence-electron chi connectivity index (χ4n) is 1.81. The number of hydrogen-bond donors (Lipinski definition) is 0. The molecule has 0 aliphatic rings. The van der Waals surface area contributed by atoms with Gasteiger partial charge in [-0.05, 0) is 25.7 Å². The molecular weight excluding hydrogens is 224 g/mol. The molecule has 0 spiro atoms. The van der Waals surface area contributed by atoms with E-state index in [1.807, 2.05) is 0 Å². The van der Waals surface area contributed by atoms with Gasteiger partial charge in [-0.2, -0.15) is 0 Å². The maximum Gasteiger partial charge on any atom is 0.119 e. The van der Waals surface area contributed by atoms with E-state index in [1.165, 1.54) is 44.9 Å². The highest BCUT2D eigenvalue weighted by Gasteiger charge is 1.90. The predicted molar refractivity (Wildman–Crippen MR) is 77.9 cm³/mol. The standard InChI is InChI=1S/C16H30O2/c1-2-3-4-5-9-12-15-18-16-13-10-7-6-8-11-14-17/h9,12,14H,2-8,10-11,13,15-16H2,1H3. The van der Waals surface area contributed by atoms with Crippen molar-refractivity contribution in [3.63, 3.8) is 0 Å². The minimum absolute atomic E-state index is 0.722. The fraction of sp³-hybridized carbons (Fsp3) is 0.812. The molecule has 0 aliphatic heterocycles. The van der Waals surface area contributed by atoms with Crippen molar-refractivity contribution in [1.29, 1.82) is 0 Å². The van der Waals surface area contributed by atoms with Crippen molar-refractivity contribution in [2.75, 3.05) is 13.2 Å². The van der Waals surface area contributed by atoms with Crippen LogP contribution in [0.2, 0.25) is 0 Å². The first kappa shape index (κ1) is 17.4.